The van der Waals surface area contributed by atoms with Crippen LogP contribution < -0.4 is 5.32 Å². The number of hydrogen-bond acceptors (Lipinski definition) is 2. The molecule has 0 radical (unpaired) electrons. The van der Waals surface area contributed by atoms with Crippen molar-refractivity contribution in [2.24, 2.45) is 5.92 Å². The minimum absolute atomic E-state index is 0.971. The normalized spacial score (nSPS) is 42.7. The van der Waals surface area contributed by atoms with E-state index in [1.165, 1.54) is 31.7 Å². The average Bonchev–Trinajstić information content (AvgIpc) is 2.33. The Morgan fingerprint density at radius 3 is 3.22 bits per heavy atom. The molecule has 2 saturated heterocycles. The van der Waals surface area contributed by atoms with Crippen molar-refractivity contribution in [2.45, 2.75) is 18.1 Å². The Kier molecular flexibility index (Phi) is 1.68. The highest BCUT2D eigenvalue weighted by Gasteiger charge is 2.29. The second kappa shape index (κ2) is 2.51. The zero-order chi connectivity index (χ0) is 6.10. The fraction of sp³-hybridized carbons (Fsp3) is 1.00. The average molecular weight is 143 g/mol. The minimum atomic E-state index is 0.971. The largest absolute Gasteiger partial charge is 0.316 e. The Bertz CT molecular complexity index is 93.1. The van der Waals surface area contributed by atoms with Gasteiger partial charge in [-0.1, -0.05) is 0 Å². The number of hydrogen-bond donors (Lipinski definition) is 1. The van der Waals surface area contributed by atoms with Crippen LogP contribution in [0.25, 0.3) is 0 Å². The molecule has 1 nitrogen and oxygen atoms in total. The van der Waals surface area contributed by atoms with Gasteiger partial charge in [-0.15, -0.1) is 0 Å². The van der Waals surface area contributed by atoms with Gasteiger partial charge in [-0.2, -0.15) is 11.8 Å². The van der Waals surface area contributed by atoms with Crippen LogP contribution >= 0.6 is 11.8 Å². The molecule has 0 aliphatic carbocycles. The zero-order valence-corrected chi connectivity index (χ0v) is 6.41. The van der Waals surface area contributed by atoms with Crippen LogP contribution in [-0.2, 0) is 0 Å². The highest BCUT2D eigenvalue weighted by Crippen LogP contribution is 2.35. The van der Waals surface area contributed by atoms with Gasteiger partial charge < -0.3 is 5.32 Å². The van der Waals surface area contributed by atoms with E-state index in [2.05, 4.69) is 17.1 Å². The predicted molar refractivity (Wildman–Crippen MR) is 41.8 cm³/mol. The van der Waals surface area contributed by atoms with Crippen LogP contribution in [0.2, 0.25) is 0 Å². The number of fused-ring (bicyclic) bond motifs is 1. The summed E-state index contributed by atoms with van der Waals surface area (Å²) in [4.78, 5) is 0. The van der Waals surface area contributed by atoms with E-state index in [1.54, 1.807) is 0 Å². The quantitative estimate of drug-likeness (QED) is 0.545. The minimum Gasteiger partial charge on any atom is -0.316 e. The molecule has 0 aromatic carbocycles. The standard InChI is InChI=1S/C7H13NS/c1-3-8-5-7-6(1)2-4-9-7/h6-8H,1-5H2. The second-order valence-corrected chi connectivity index (χ2v) is 4.30. The summed E-state index contributed by atoms with van der Waals surface area (Å²) in [6, 6.07) is 0. The van der Waals surface area contributed by atoms with Crippen molar-refractivity contribution in [1.82, 2.24) is 5.32 Å². The summed E-state index contributed by atoms with van der Waals surface area (Å²) in [6.45, 7) is 2.54. The van der Waals surface area contributed by atoms with Crippen molar-refractivity contribution in [1.29, 1.82) is 0 Å². The van der Waals surface area contributed by atoms with Crippen molar-refractivity contribution in [3.63, 3.8) is 0 Å². The molecule has 2 aliphatic heterocycles. The molecule has 2 fully saturated rings. The third-order valence-electron chi connectivity index (χ3n) is 2.38. The summed E-state index contributed by atoms with van der Waals surface area (Å²) in [5.74, 6) is 2.48. The maximum absolute atomic E-state index is 3.44. The molecule has 9 heavy (non-hydrogen) atoms. The Hall–Kier alpha value is 0.310. The molecule has 2 rings (SSSR count). The first-order chi connectivity index (χ1) is 4.47. The lowest BCUT2D eigenvalue weighted by molar-refractivity contribution is 0.394. The molecular formula is C7H13NS. The highest BCUT2D eigenvalue weighted by atomic mass is 32.2. The SMILES string of the molecule is C1CC2CCSC2CN1. The van der Waals surface area contributed by atoms with Crippen molar-refractivity contribution in [3.8, 4) is 0 Å². The molecule has 0 aromatic rings. The van der Waals surface area contributed by atoms with E-state index >= 15 is 0 Å². The molecule has 2 unspecified atom stereocenters. The molecule has 2 atom stereocenters. The van der Waals surface area contributed by atoms with Crippen molar-refractivity contribution in [3.05, 3.63) is 0 Å². The third kappa shape index (κ3) is 1.10. The van der Waals surface area contributed by atoms with Crippen molar-refractivity contribution in [2.75, 3.05) is 18.8 Å². The fourth-order valence-electron chi connectivity index (χ4n) is 1.78. The van der Waals surface area contributed by atoms with Gasteiger partial charge in [0, 0.05) is 11.8 Å². The zero-order valence-electron chi connectivity index (χ0n) is 5.60. The predicted octanol–water partition coefficient (Wildman–Crippen LogP) is 1.10. The van der Waals surface area contributed by atoms with Gasteiger partial charge in [-0.05, 0) is 31.1 Å². The summed E-state index contributed by atoms with van der Waals surface area (Å²) in [6.07, 6.45) is 2.91. The lowest BCUT2D eigenvalue weighted by Crippen LogP contribution is -2.35. The van der Waals surface area contributed by atoms with E-state index in [-0.39, 0.29) is 0 Å². The molecule has 0 bridgehead atoms. The number of nitrogens with one attached hydrogen (secondary N) is 1. The van der Waals surface area contributed by atoms with Crippen LogP contribution in [0.15, 0.2) is 0 Å². The molecule has 2 heterocycles. The summed E-state index contributed by atoms with van der Waals surface area (Å²) in [7, 11) is 0. The van der Waals surface area contributed by atoms with Gasteiger partial charge in [-0.25, -0.2) is 0 Å². The molecule has 52 valence electrons. The maximum atomic E-state index is 3.44. The van der Waals surface area contributed by atoms with Crippen LogP contribution in [-0.4, -0.2) is 24.1 Å². The fourth-order valence-corrected chi connectivity index (χ4v) is 3.30. The molecule has 0 saturated carbocycles. The number of thioether (sulfide) groups is 1. The van der Waals surface area contributed by atoms with Gasteiger partial charge in [0.05, 0.1) is 0 Å². The van der Waals surface area contributed by atoms with E-state index < -0.39 is 0 Å². The molecule has 0 spiro atoms. The van der Waals surface area contributed by atoms with Crippen LogP contribution in [0.4, 0.5) is 0 Å². The Morgan fingerprint density at radius 1 is 1.33 bits per heavy atom. The van der Waals surface area contributed by atoms with Gasteiger partial charge in [0.2, 0.25) is 0 Å². The Morgan fingerprint density at radius 2 is 2.33 bits per heavy atom. The number of piperidine rings is 1. The summed E-state index contributed by atoms with van der Waals surface area (Å²) in [5.41, 5.74) is 0. The first-order valence-electron chi connectivity index (χ1n) is 3.79. The lowest BCUT2D eigenvalue weighted by Gasteiger charge is -2.24. The molecule has 2 aliphatic rings. The maximum Gasteiger partial charge on any atom is 0.0201 e. The highest BCUT2D eigenvalue weighted by molar-refractivity contribution is 8.00. The summed E-state index contributed by atoms with van der Waals surface area (Å²) >= 11 is 2.16. The molecular weight excluding hydrogens is 130 g/mol. The van der Waals surface area contributed by atoms with E-state index in [1.807, 2.05) is 0 Å². The molecule has 2 heteroatoms. The molecule has 0 amide bonds. The monoisotopic (exact) mass is 143 g/mol. The van der Waals surface area contributed by atoms with E-state index in [0.717, 1.165) is 11.2 Å². The number of rotatable bonds is 0. The van der Waals surface area contributed by atoms with Crippen LogP contribution in [0, 0.1) is 5.92 Å². The van der Waals surface area contributed by atoms with E-state index in [0.29, 0.717) is 0 Å². The first kappa shape index (κ1) is 6.05. The third-order valence-corrected chi connectivity index (χ3v) is 3.83. The van der Waals surface area contributed by atoms with Gasteiger partial charge >= 0.3 is 0 Å². The Labute approximate surface area is 60.6 Å². The van der Waals surface area contributed by atoms with Crippen molar-refractivity contribution < 1.29 is 0 Å². The van der Waals surface area contributed by atoms with Gasteiger partial charge in [0.1, 0.15) is 0 Å². The van der Waals surface area contributed by atoms with Crippen LogP contribution in [0.5, 0.6) is 0 Å². The molecule has 1 N–H and O–H groups in total. The van der Waals surface area contributed by atoms with Crippen molar-refractivity contribution >= 4 is 11.8 Å². The lowest BCUT2D eigenvalue weighted by atomic mass is 9.96. The molecule has 0 aromatic heterocycles. The van der Waals surface area contributed by atoms with Crippen LogP contribution in [0.1, 0.15) is 12.8 Å². The first-order valence-corrected chi connectivity index (χ1v) is 4.84. The van der Waals surface area contributed by atoms with Gasteiger partial charge in [0.15, 0.2) is 0 Å². The topological polar surface area (TPSA) is 12.0 Å². The van der Waals surface area contributed by atoms with E-state index in [4.69, 9.17) is 0 Å². The summed E-state index contributed by atoms with van der Waals surface area (Å²) in [5, 5.41) is 4.41. The smallest absolute Gasteiger partial charge is 0.0201 e. The van der Waals surface area contributed by atoms with E-state index in [9.17, 15) is 0 Å². The van der Waals surface area contributed by atoms with Gasteiger partial charge in [0.25, 0.3) is 0 Å². The van der Waals surface area contributed by atoms with Crippen LogP contribution in [0.3, 0.4) is 0 Å². The Balaban J connectivity index is 1.97. The summed E-state index contributed by atoms with van der Waals surface area (Å²) < 4.78 is 0. The van der Waals surface area contributed by atoms with Gasteiger partial charge in [-0.3, -0.25) is 0 Å². The second-order valence-electron chi connectivity index (χ2n) is 2.95.